The number of benzene rings is 1. The van der Waals surface area contributed by atoms with Crippen LogP contribution in [0.3, 0.4) is 0 Å². The van der Waals surface area contributed by atoms with E-state index in [0.717, 1.165) is 29.4 Å². The summed E-state index contributed by atoms with van der Waals surface area (Å²) >= 11 is 0. The Hall–Kier alpha value is -0.920. The first-order valence-corrected chi connectivity index (χ1v) is 11.9. The molecule has 0 N–H and O–H groups in total. The Morgan fingerprint density at radius 3 is 1.71 bits per heavy atom. The molecular weight excluding hydrogens is 350 g/mol. The molecule has 2 aliphatic rings. The second kappa shape index (κ2) is 13.3. The van der Waals surface area contributed by atoms with E-state index >= 15 is 0 Å². The molecule has 162 valence electrons. The van der Waals surface area contributed by atoms with Gasteiger partial charge in [-0.05, 0) is 49.5 Å². The summed E-state index contributed by atoms with van der Waals surface area (Å²) in [6.45, 7) is 12.3. The predicted octanol–water partition coefficient (Wildman–Crippen LogP) is 8.82. The molecule has 2 unspecified atom stereocenters. The topological polar surface area (TPSA) is 0 Å². The fourth-order valence-electron chi connectivity index (χ4n) is 4.78. The fourth-order valence-corrected chi connectivity index (χ4v) is 4.78. The molecule has 1 aromatic carbocycles. The SMILES string of the molecule is CC.CC.Cc1ccc(C2C(F)CC(CCC3CCC(C)CC3)CC2F)cc1. The molecule has 0 spiro atoms. The first-order valence-electron chi connectivity index (χ1n) is 11.9. The van der Waals surface area contributed by atoms with Gasteiger partial charge in [-0.25, -0.2) is 8.78 Å². The second-order valence-electron chi connectivity index (χ2n) is 8.51. The number of alkyl halides is 2. The van der Waals surface area contributed by atoms with Gasteiger partial charge in [0.2, 0.25) is 0 Å². The van der Waals surface area contributed by atoms with Crippen LogP contribution in [0, 0.1) is 24.7 Å². The van der Waals surface area contributed by atoms with Crippen molar-refractivity contribution in [1.29, 1.82) is 0 Å². The van der Waals surface area contributed by atoms with Crippen LogP contribution in [0.4, 0.5) is 8.78 Å². The largest absolute Gasteiger partial charge is 0.247 e. The number of hydrogen-bond acceptors (Lipinski definition) is 0. The van der Waals surface area contributed by atoms with Crippen LogP contribution in [-0.2, 0) is 0 Å². The van der Waals surface area contributed by atoms with Gasteiger partial charge in [0.25, 0.3) is 0 Å². The van der Waals surface area contributed by atoms with Crippen LogP contribution in [0.5, 0.6) is 0 Å². The Kier molecular flexibility index (Phi) is 12.0. The van der Waals surface area contributed by atoms with Gasteiger partial charge >= 0.3 is 0 Å². The predicted molar refractivity (Wildman–Crippen MR) is 119 cm³/mol. The molecule has 28 heavy (non-hydrogen) atoms. The summed E-state index contributed by atoms with van der Waals surface area (Å²) in [5, 5.41) is 0. The highest BCUT2D eigenvalue weighted by atomic mass is 19.1. The van der Waals surface area contributed by atoms with Crippen molar-refractivity contribution in [3.8, 4) is 0 Å². The van der Waals surface area contributed by atoms with Crippen LogP contribution in [-0.4, -0.2) is 12.3 Å². The molecule has 0 bridgehead atoms. The number of rotatable bonds is 4. The van der Waals surface area contributed by atoms with Crippen LogP contribution >= 0.6 is 0 Å². The molecule has 0 amide bonds. The molecule has 2 heteroatoms. The molecular formula is C26H44F2. The average Bonchev–Trinajstić information content (AvgIpc) is 2.71. The highest BCUT2D eigenvalue weighted by molar-refractivity contribution is 5.27. The molecule has 2 saturated carbocycles. The van der Waals surface area contributed by atoms with E-state index in [1.165, 1.54) is 32.1 Å². The maximum absolute atomic E-state index is 14.7. The highest BCUT2D eigenvalue weighted by Gasteiger charge is 2.39. The third-order valence-electron chi connectivity index (χ3n) is 6.48. The van der Waals surface area contributed by atoms with Gasteiger partial charge in [-0.15, -0.1) is 0 Å². The van der Waals surface area contributed by atoms with Gasteiger partial charge in [0.15, 0.2) is 0 Å². The van der Waals surface area contributed by atoms with Crippen molar-refractivity contribution >= 4 is 0 Å². The normalized spacial score (nSPS) is 32.4. The van der Waals surface area contributed by atoms with Crippen molar-refractivity contribution in [3.63, 3.8) is 0 Å². The molecule has 2 fully saturated rings. The fraction of sp³-hybridized carbons (Fsp3) is 0.769. The molecule has 1 aromatic rings. The summed E-state index contributed by atoms with van der Waals surface area (Å²) in [6, 6.07) is 7.74. The van der Waals surface area contributed by atoms with E-state index in [9.17, 15) is 8.78 Å². The van der Waals surface area contributed by atoms with Gasteiger partial charge in [-0.3, -0.25) is 0 Å². The minimum absolute atomic E-state index is 0.232. The van der Waals surface area contributed by atoms with E-state index < -0.39 is 18.3 Å². The van der Waals surface area contributed by atoms with Crippen LogP contribution in [0.15, 0.2) is 24.3 Å². The summed E-state index contributed by atoms with van der Waals surface area (Å²) in [6.07, 6.45) is 6.51. The summed E-state index contributed by atoms with van der Waals surface area (Å²) in [5.74, 6) is 1.34. The van der Waals surface area contributed by atoms with E-state index in [2.05, 4.69) is 6.92 Å². The standard InChI is InChI=1S/C22H32F2.2C2H6/c1-15-3-7-17(8-4-15)9-10-18-13-20(23)22(21(24)14-18)19-11-5-16(2)6-12-19;2*1-2/h5-6,11-12,15,17-18,20-22H,3-4,7-10,13-14H2,1-2H3;2*1-2H3. The van der Waals surface area contributed by atoms with Gasteiger partial charge in [-0.2, -0.15) is 0 Å². The van der Waals surface area contributed by atoms with Gasteiger partial charge < -0.3 is 0 Å². The lowest BCUT2D eigenvalue weighted by Gasteiger charge is -2.36. The number of hydrogen-bond donors (Lipinski definition) is 0. The van der Waals surface area contributed by atoms with E-state index in [0.29, 0.717) is 12.8 Å². The summed E-state index contributed by atoms with van der Waals surface area (Å²) < 4.78 is 29.4. The third kappa shape index (κ3) is 7.48. The van der Waals surface area contributed by atoms with Crippen molar-refractivity contribution in [2.45, 2.75) is 111 Å². The van der Waals surface area contributed by atoms with Gasteiger partial charge in [0.05, 0.1) is 0 Å². The Morgan fingerprint density at radius 1 is 0.750 bits per heavy atom. The maximum atomic E-state index is 14.7. The van der Waals surface area contributed by atoms with Crippen LogP contribution in [0.1, 0.15) is 103 Å². The quantitative estimate of drug-likeness (QED) is 0.478. The van der Waals surface area contributed by atoms with Crippen LogP contribution < -0.4 is 0 Å². The lowest BCUT2D eigenvalue weighted by atomic mass is 9.73. The summed E-state index contributed by atoms with van der Waals surface area (Å²) in [7, 11) is 0. The van der Waals surface area contributed by atoms with Crippen molar-refractivity contribution in [3.05, 3.63) is 35.4 Å². The highest BCUT2D eigenvalue weighted by Crippen LogP contribution is 2.42. The zero-order chi connectivity index (χ0) is 21.1. The Balaban J connectivity index is 0.000000921. The minimum atomic E-state index is -1.03. The second-order valence-corrected chi connectivity index (χ2v) is 8.51. The molecule has 0 heterocycles. The van der Waals surface area contributed by atoms with Crippen LogP contribution in [0.25, 0.3) is 0 Å². The molecule has 2 aliphatic carbocycles. The first kappa shape index (κ1) is 25.1. The van der Waals surface area contributed by atoms with Crippen molar-refractivity contribution in [2.24, 2.45) is 17.8 Å². The van der Waals surface area contributed by atoms with Gasteiger partial charge in [0, 0.05) is 5.92 Å². The van der Waals surface area contributed by atoms with Crippen molar-refractivity contribution in [2.75, 3.05) is 0 Å². The molecule has 3 rings (SSSR count). The van der Waals surface area contributed by atoms with E-state index in [1.54, 1.807) is 0 Å². The molecule has 0 saturated heterocycles. The maximum Gasteiger partial charge on any atom is 0.110 e. The smallest absolute Gasteiger partial charge is 0.110 e. The molecule has 0 aromatic heterocycles. The summed E-state index contributed by atoms with van der Waals surface area (Å²) in [5.41, 5.74) is 1.97. The summed E-state index contributed by atoms with van der Waals surface area (Å²) in [4.78, 5) is 0. The Morgan fingerprint density at radius 2 is 1.21 bits per heavy atom. The number of halogens is 2. The Labute approximate surface area is 173 Å². The molecule has 0 nitrogen and oxygen atoms in total. The zero-order valence-corrected chi connectivity index (χ0v) is 19.2. The van der Waals surface area contributed by atoms with Crippen LogP contribution in [0.2, 0.25) is 0 Å². The van der Waals surface area contributed by atoms with E-state index in [1.807, 2.05) is 58.9 Å². The van der Waals surface area contributed by atoms with Crippen molar-refractivity contribution in [1.82, 2.24) is 0 Å². The lowest BCUT2D eigenvalue weighted by Crippen LogP contribution is -2.34. The molecule has 2 atom stereocenters. The monoisotopic (exact) mass is 394 g/mol. The lowest BCUT2D eigenvalue weighted by molar-refractivity contribution is 0.0790. The average molecular weight is 395 g/mol. The Bertz CT molecular complexity index is 490. The van der Waals surface area contributed by atoms with E-state index in [-0.39, 0.29) is 5.92 Å². The third-order valence-corrected chi connectivity index (χ3v) is 6.48. The van der Waals surface area contributed by atoms with Crippen molar-refractivity contribution < 1.29 is 8.78 Å². The van der Waals surface area contributed by atoms with Gasteiger partial charge in [-0.1, -0.05) is 96.6 Å². The number of aryl methyl sites for hydroxylation is 1. The minimum Gasteiger partial charge on any atom is -0.247 e. The van der Waals surface area contributed by atoms with Gasteiger partial charge in [0.1, 0.15) is 12.3 Å². The van der Waals surface area contributed by atoms with E-state index in [4.69, 9.17) is 0 Å². The molecule has 0 aliphatic heterocycles. The first-order chi connectivity index (χ1) is 13.5. The molecule has 0 radical (unpaired) electrons. The zero-order valence-electron chi connectivity index (χ0n) is 19.2.